The number of nitrogens with zero attached hydrogens (tertiary/aromatic N) is 1. The van der Waals surface area contributed by atoms with E-state index >= 15 is 0 Å². The summed E-state index contributed by atoms with van der Waals surface area (Å²) in [4.78, 5) is 37.8. The van der Waals surface area contributed by atoms with E-state index in [1.54, 1.807) is 24.3 Å². The number of rotatable bonds is 7. The van der Waals surface area contributed by atoms with Crippen LogP contribution in [0.1, 0.15) is 28.8 Å². The standard InChI is InChI=1S/C21H17ClN2O4S2/c22-16-8-2-1-5-13(16)12-17-19(26)24(21(29)30-17)10-4-9-18(25)23-15-7-3-6-14(11-15)20(27)28/h1-3,5-8,11-12H,4,9-10H2,(H,23,25)(H,27,28). The number of benzene rings is 2. The van der Waals surface area contributed by atoms with Gasteiger partial charge in [-0.05, 0) is 42.3 Å². The van der Waals surface area contributed by atoms with Crippen molar-refractivity contribution in [2.24, 2.45) is 0 Å². The number of halogens is 1. The Morgan fingerprint density at radius 3 is 2.70 bits per heavy atom. The quantitative estimate of drug-likeness (QED) is 0.461. The molecule has 154 valence electrons. The van der Waals surface area contributed by atoms with Gasteiger partial charge in [-0.3, -0.25) is 14.5 Å². The smallest absolute Gasteiger partial charge is 0.335 e. The van der Waals surface area contributed by atoms with Crippen LogP contribution in [-0.2, 0) is 9.59 Å². The number of carboxylic acid groups (broad SMARTS) is 1. The summed E-state index contributed by atoms with van der Waals surface area (Å²) >= 11 is 12.7. The zero-order valence-corrected chi connectivity index (χ0v) is 18.0. The molecule has 30 heavy (non-hydrogen) atoms. The molecule has 0 spiro atoms. The van der Waals surface area contributed by atoms with Crippen LogP contribution in [0.2, 0.25) is 5.02 Å². The van der Waals surface area contributed by atoms with Crippen molar-refractivity contribution in [3.8, 4) is 0 Å². The molecule has 9 heteroatoms. The van der Waals surface area contributed by atoms with Gasteiger partial charge in [-0.1, -0.05) is 59.8 Å². The lowest BCUT2D eigenvalue weighted by Gasteiger charge is -2.14. The summed E-state index contributed by atoms with van der Waals surface area (Å²) in [5.41, 5.74) is 1.24. The highest BCUT2D eigenvalue weighted by atomic mass is 35.5. The van der Waals surface area contributed by atoms with Gasteiger partial charge >= 0.3 is 5.97 Å². The van der Waals surface area contributed by atoms with Gasteiger partial charge in [0.15, 0.2) is 0 Å². The molecule has 2 N–H and O–H groups in total. The molecule has 0 bridgehead atoms. The monoisotopic (exact) mass is 460 g/mol. The van der Waals surface area contributed by atoms with Gasteiger partial charge in [-0.2, -0.15) is 0 Å². The van der Waals surface area contributed by atoms with Crippen molar-refractivity contribution in [1.29, 1.82) is 0 Å². The molecule has 1 aliphatic heterocycles. The van der Waals surface area contributed by atoms with Crippen molar-refractivity contribution in [3.63, 3.8) is 0 Å². The first-order valence-electron chi connectivity index (χ1n) is 8.98. The van der Waals surface area contributed by atoms with Crippen molar-refractivity contribution in [2.75, 3.05) is 11.9 Å². The van der Waals surface area contributed by atoms with Crippen molar-refractivity contribution in [3.05, 3.63) is 69.6 Å². The molecule has 1 heterocycles. The van der Waals surface area contributed by atoms with E-state index in [9.17, 15) is 14.4 Å². The third kappa shape index (κ3) is 5.47. The predicted octanol–water partition coefficient (Wildman–Crippen LogP) is 4.66. The lowest BCUT2D eigenvalue weighted by molar-refractivity contribution is -0.122. The average molecular weight is 461 g/mol. The Kier molecular flexibility index (Phi) is 7.25. The van der Waals surface area contributed by atoms with E-state index < -0.39 is 5.97 Å². The van der Waals surface area contributed by atoms with Crippen LogP contribution in [0.15, 0.2) is 53.4 Å². The number of carboxylic acids is 1. The van der Waals surface area contributed by atoms with Gasteiger partial charge in [0.05, 0.1) is 10.5 Å². The molecular formula is C21H17ClN2O4S2. The summed E-state index contributed by atoms with van der Waals surface area (Å²) in [7, 11) is 0. The number of aromatic carboxylic acids is 1. The minimum Gasteiger partial charge on any atom is -0.478 e. The van der Waals surface area contributed by atoms with E-state index in [0.29, 0.717) is 32.9 Å². The third-order valence-corrected chi connectivity index (χ3v) is 5.97. The molecule has 0 aromatic heterocycles. The number of carbonyl (C=O) groups is 3. The number of carbonyl (C=O) groups excluding carboxylic acids is 2. The Bertz CT molecular complexity index is 1050. The summed E-state index contributed by atoms with van der Waals surface area (Å²) in [5.74, 6) is -1.54. The van der Waals surface area contributed by atoms with Gasteiger partial charge < -0.3 is 10.4 Å². The molecule has 2 amide bonds. The van der Waals surface area contributed by atoms with Crippen LogP contribution in [0.3, 0.4) is 0 Å². The topological polar surface area (TPSA) is 86.7 Å². The van der Waals surface area contributed by atoms with Gasteiger partial charge in [0.25, 0.3) is 5.91 Å². The highest BCUT2D eigenvalue weighted by Gasteiger charge is 2.31. The van der Waals surface area contributed by atoms with Gasteiger partial charge in [0.2, 0.25) is 5.91 Å². The Morgan fingerprint density at radius 2 is 1.97 bits per heavy atom. The van der Waals surface area contributed by atoms with Crippen LogP contribution < -0.4 is 5.32 Å². The summed E-state index contributed by atoms with van der Waals surface area (Å²) in [6.45, 7) is 0.313. The highest BCUT2D eigenvalue weighted by Crippen LogP contribution is 2.33. The second-order valence-electron chi connectivity index (χ2n) is 6.39. The molecule has 2 aromatic rings. The number of thioether (sulfide) groups is 1. The second-order valence-corrected chi connectivity index (χ2v) is 8.48. The van der Waals surface area contributed by atoms with Crippen molar-refractivity contribution in [1.82, 2.24) is 4.90 Å². The fourth-order valence-corrected chi connectivity index (χ4v) is 4.27. The molecule has 1 aliphatic rings. The molecule has 0 radical (unpaired) electrons. The molecule has 1 fully saturated rings. The summed E-state index contributed by atoms with van der Waals surface area (Å²) in [6, 6.07) is 13.2. The first kappa shape index (κ1) is 22.0. The minimum absolute atomic E-state index is 0.0932. The van der Waals surface area contributed by atoms with E-state index in [-0.39, 0.29) is 23.8 Å². The summed E-state index contributed by atoms with van der Waals surface area (Å²) < 4.78 is 0.438. The van der Waals surface area contributed by atoms with Crippen LogP contribution in [0.5, 0.6) is 0 Å². The van der Waals surface area contributed by atoms with Gasteiger partial charge in [-0.15, -0.1) is 0 Å². The second kappa shape index (κ2) is 9.88. The first-order valence-corrected chi connectivity index (χ1v) is 10.6. The fraction of sp³-hybridized carbons (Fsp3) is 0.143. The number of thiocarbonyl (C=S) groups is 1. The molecule has 6 nitrogen and oxygen atoms in total. The molecule has 0 aliphatic carbocycles. The lowest BCUT2D eigenvalue weighted by atomic mass is 10.2. The van der Waals surface area contributed by atoms with E-state index in [4.69, 9.17) is 28.9 Å². The fourth-order valence-electron chi connectivity index (χ4n) is 2.78. The first-order chi connectivity index (χ1) is 14.3. The van der Waals surface area contributed by atoms with E-state index in [1.165, 1.54) is 28.8 Å². The van der Waals surface area contributed by atoms with Crippen LogP contribution in [0, 0.1) is 0 Å². The molecule has 0 saturated carbocycles. The molecule has 2 aromatic carbocycles. The van der Waals surface area contributed by atoms with E-state index in [0.717, 1.165) is 5.56 Å². The Labute approximate surface area is 187 Å². The maximum atomic E-state index is 12.6. The molecule has 0 atom stereocenters. The van der Waals surface area contributed by atoms with Gasteiger partial charge in [0, 0.05) is 23.7 Å². The zero-order chi connectivity index (χ0) is 21.7. The average Bonchev–Trinajstić information content (AvgIpc) is 2.97. The number of anilines is 1. The maximum absolute atomic E-state index is 12.6. The normalized spacial score (nSPS) is 15.0. The maximum Gasteiger partial charge on any atom is 0.335 e. The van der Waals surface area contributed by atoms with E-state index in [1.807, 2.05) is 18.2 Å². The molecule has 1 saturated heterocycles. The van der Waals surface area contributed by atoms with Crippen molar-refractivity contribution < 1.29 is 19.5 Å². The summed E-state index contributed by atoms with van der Waals surface area (Å²) in [6.07, 6.45) is 2.29. The van der Waals surface area contributed by atoms with Crippen LogP contribution >= 0.6 is 35.6 Å². The summed E-state index contributed by atoms with van der Waals surface area (Å²) in [5, 5.41) is 12.2. The Balaban J connectivity index is 1.54. The van der Waals surface area contributed by atoms with E-state index in [2.05, 4.69) is 5.32 Å². The number of nitrogens with one attached hydrogen (secondary N) is 1. The molecule has 3 rings (SSSR count). The molecule has 0 unspecified atom stereocenters. The SMILES string of the molecule is O=C(CCCN1C(=O)C(=Cc2ccccc2Cl)SC1=S)Nc1cccc(C(=O)O)c1. The highest BCUT2D eigenvalue weighted by molar-refractivity contribution is 8.26. The third-order valence-electron chi connectivity index (χ3n) is 4.24. The number of hydrogen-bond donors (Lipinski definition) is 2. The van der Waals surface area contributed by atoms with Crippen LogP contribution in [0.25, 0.3) is 6.08 Å². The Morgan fingerprint density at radius 1 is 1.20 bits per heavy atom. The van der Waals surface area contributed by atoms with Gasteiger partial charge in [0.1, 0.15) is 4.32 Å². The largest absolute Gasteiger partial charge is 0.478 e. The number of amides is 2. The zero-order valence-electron chi connectivity index (χ0n) is 15.6. The van der Waals surface area contributed by atoms with Crippen LogP contribution in [-0.4, -0.2) is 38.7 Å². The van der Waals surface area contributed by atoms with Crippen LogP contribution in [0.4, 0.5) is 5.69 Å². The lowest BCUT2D eigenvalue weighted by Crippen LogP contribution is -2.29. The van der Waals surface area contributed by atoms with Crippen molar-refractivity contribution >= 4 is 69.4 Å². The Hall–Kier alpha value is -2.68. The predicted molar refractivity (Wildman–Crippen MR) is 123 cm³/mol. The minimum atomic E-state index is -1.06. The number of hydrogen-bond acceptors (Lipinski definition) is 5. The van der Waals surface area contributed by atoms with Gasteiger partial charge in [-0.25, -0.2) is 4.79 Å². The molecular weight excluding hydrogens is 444 g/mol. The van der Waals surface area contributed by atoms with Crippen molar-refractivity contribution in [2.45, 2.75) is 12.8 Å².